The zero-order valence-corrected chi connectivity index (χ0v) is 19.2. The molecular formula is C23H30N5O5+. The number of nitrogens with zero attached hydrogens (tertiary/aromatic N) is 1. The molecule has 4 N–H and O–H groups in total. The third-order valence-electron chi connectivity index (χ3n) is 4.69. The number of aromatic amines is 1. The zero-order valence-electron chi connectivity index (χ0n) is 19.2. The molecule has 2 rings (SSSR count). The predicted molar refractivity (Wildman–Crippen MR) is 121 cm³/mol. The standard InChI is InChI=1S/C23H29N5O5/c1-14(29)27-20(11-15-12-25-18-8-6-5-7-17(15)18)21(31)28-19(10-9-16(30)13-26-24)22(32)33-23(2,3)4/h5-8,12-13,19-20,24-25H,9-11H2,1-4H3,(H-,27,28,29,31)/p+1/t19-,20-/m0/s1. The Kier molecular flexibility index (Phi) is 8.64. The molecule has 0 saturated carbocycles. The van der Waals surface area contributed by atoms with E-state index in [1.165, 1.54) is 6.92 Å². The van der Waals surface area contributed by atoms with Crippen LogP contribution in [0.1, 0.15) is 46.1 Å². The average molecular weight is 457 g/mol. The Balaban J connectivity index is 2.22. The molecule has 0 aliphatic carbocycles. The molecule has 176 valence electrons. The highest BCUT2D eigenvalue weighted by molar-refractivity contribution is 6.25. The quantitative estimate of drug-likeness (QED) is 0.185. The van der Waals surface area contributed by atoms with E-state index in [0.29, 0.717) is 0 Å². The lowest BCUT2D eigenvalue weighted by atomic mass is 10.0. The molecule has 0 aliphatic heterocycles. The lowest BCUT2D eigenvalue weighted by Crippen LogP contribution is -2.53. The molecule has 1 heterocycles. The van der Waals surface area contributed by atoms with Gasteiger partial charge in [0.25, 0.3) is 0 Å². The van der Waals surface area contributed by atoms with E-state index in [1.54, 1.807) is 27.0 Å². The third kappa shape index (κ3) is 8.01. The summed E-state index contributed by atoms with van der Waals surface area (Å²) in [6.45, 7) is 6.39. The number of aromatic nitrogens is 1. The Labute approximate surface area is 191 Å². The van der Waals surface area contributed by atoms with Crippen molar-refractivity contribution in [2.24, 2.45) is 0 Å². The maximum Gasteiger partial charge on any atom is 0.372 e. The highest BCUT2D eigenvalue weighted by atomic mass is 16.6. The second-order valence-corrected chi connectivity index (χ2v) is 8.67. The first-order chi connectivity index (χ1) is 15.5. The van der Waals surface area contributed by atoms with Gasteiger partial charge in [0, 0.05) is 36.9 Å². The van der Waals surface area contributed by atoms with Crippen LogP contribution in [0.3, 0.4) is 0 Å². The number of para-hydroxylation sites is 1. The van der Waals surface area contributed by atoms with Gasteiger partial charge in [0.05, 0.1) is 10.3 Å². The van der Waals surface area contributed by atoms with Gasteiger partial charge in [0.15, 0.2) is 0 Å². The summed E-state index contributed by atoms with van der Waals surface area (Å²) in [4.78, 5) is 55.4. The maximum absolute atomic E-state index is 13.1. The van der Waals surface area contributed by atoms with E-state index in [1.807, 2.05) is 24.3 Å². The molecule has 0 spiro atoms. The molecule has 2 atom stereocenters. The molecule has 0 bridgehead atoms. The molecule has 33 heavy (non-hydrogen) atoms. The van der Waals surface area contributed by atoms with Crippen molar-refractivity contribution in [2.75, 3.05) is 0 Å². The number of ether oxygens (including phenoxy) is 1. The molecule has 0 fully saturated rings. The van der Waals surface area contributed by atoms with Crippen LogP contribution in [-0.4, -0.2) is 57.2 Å². The molecule has 0 radical (unpaired) electrons. The van der Waals surface area contributed by atoms with Gasteiger partial charge in [0.1, 0.15) is 17.7 Å². The van der Waals surface area contributed by atoms with E-state index in [9.17, 15) is 19.2 Å². The number of Topliss-reactive ketones (excluding diaryl/α,β-unsaturated/α-hetero) is 1. The van der Waals surface area contributed by atoms with Crippen molar-refractivity contribution in [1.29, 1.82) is 5.53 Å². The SMILES string of the molecule is CC(=O)N[C@@H](Cc1c[nH]c2ccccc12)C(=O)N[C@@H](CCC(=O)C=[N+]=N)C(=O)OC(C)(C)C. The molecule has 10 heteroatoms. The van der Waals surface area contributed by atoms with Crippen LogP contribution in [0.5, 0.6) is 0 Å². The maximum atomic E-state index is 13.1. The van der Waals surface area contributed by atoms with Crippen molar-refractivity contribution >= 4 is 40.7 Å². The number of hydrogen-bond donors (Lipinski definition) is 4. The highest BCUT2D eigenvalue weighted by Crippen LogP contribution is 2.19. The van der Waals surface area contributed by atoms with E-state index in [-0.39, 0.29) is 19.3 Å². The number of carbonyl (C=O) groups is 4. The fourth-order valence-electron chi connectivity index (χ4n) is 3.29. The zero-order chi connectivity index (χ0) is 24.6. The van der Waals surface area contributed by atoms with Crippen molar-refractivity contribution in [1.82, 2.24) is 15.6 Å². The smallest absolute Gasteiger partial charge is 0.372 e. The van der Waals surface area contributed by atoms with Crippen molar-refractivity contribution in [2.45, 2.75) is 64.6 Å². The number of ketones is 1. The van der Waals surface area contributed by atoms with Gasteiger partial charge in [-0.3, -0.25) is 14.4 Å². The van der Waals surface area contributed by atoms with E-state index in [4.69, 9.17) is 10.3 Å². The second-order valence-electron chi connectivity index (χ2n) is 8.67. The van der Waals surface area contributed by atoms with Gasteiger partial charge in [-0.25, -0.2) is 4.79 Å². The van der Waals surface area contributed by atoms with Crippen molar-refractivity contribution in [3.05, 3.63) is 36.0 Å². The number of nitrogens with one attached hydrogen (secondary N) is 4. The van der Waals surface area contributed by atoms with Crippen LogP contribution in [0.4, 0.5) is 0 Å². The van der Waals surface area contributed by atoms with E-state index < -0.39 is 41.3 Å². The number of rotatable bonds is 10. The second kappa shape index (κ2) is 11.2. The van der Waals surface area contributed by atoms with E-state index in [0.717, 1.165) is 22.7 Å². The summed E-state index contributed by atoms with van der Waals surface area (Å²) in [5.74, 6) is -2.12. The molecular weight excluding hydrogens is 426 g/mol. The first-order valence-corrected chi connectivity index (χ1v) is 10.6. The highest BCUT2D eigenvalue weighted by Gasteiger charge is 2.30. The molecule has 1 aromatic heterocycles. The summed E-state index contributed by atoms with van der Waals surface area (Å²) in [6, 6.07) is 5.52. The number of esters is 1. The first kappa shape index (κ1) is 25.5. The summed E-state index contributed by atoms with van der Waals surface area (Å²) >= 11 is 0. The van der Waals surface area contributed by atoms with Crippen molar-refractivity contribution in [3.63, 3.8) is 0 Å². The molecule has 0 unspecified atom stereocenters. The lowest BCUT2D eigenvalue weighted by Gasteiger charge is -2.26. The topological polar surface area (TPSA) is 155 Å². The first-order valence-electron chi connectivity index (χ1n) is 10.6. The molecule has 0 saturated heterocycles. The summed E-state index contributed by atoms with van der Waals surface area (Å²) in [5, 5.41) is 6.17. The number of hydrogen-bond acceptors (Lipinski definition) is 6. The minimum Gasteiger partial charge on any atom is -0.458 e. The number of fused-ring (bicyclic) bond motifs is 1. The minimum atomic E-state index is -1.11. The number of benzene rings is 1. The minimum absolute atomic E-state index is 0.0363. The van der Waals surface area contributed by atoms with Crippen LogP contribution >= 0.6 is 0 Å². The Bertz CT molecular complexity index is 1080. The lowest BCUT2D eigenvalue weighted by molar-refractivity contribution is -0.159. The van der Waals surface area contributed by atoms with Crippen molar-refractivity contribution < 1.29 is 28.7 Å². The molecule has 10 nitrogen and oxygen atoms in total. The fraction of sp³-hybridized carbons (Fsp3) is 0.435. The van der Waals surface area contributed by atoms with E-state index in [2.05, 4.69) is 20.4 Å². The third-order valence-corrected chi connectivity index (χ3v) is 4.69. The summed E-state index contributed by atoms with van der Waals surface area (Å²) in [6.07, 6.45) is 2.66. The van der Waals surface area contributed by atoms with Gasteiger partial charge in [0.2, 0.25) is 17.6 Å². The van der Waals surface area contributed by atoms with Crippen LogP contribution < -0.4 is 10.6 Å². The number of carbonyl (C=O) groups excluding carboxylic acids is 4. The number of H-pyrrole nitrogens is 1. The summed E-state index contributed by atoms with van der Waals surface area (Å²) in [7, 11) is 0. The Hall–Kier alpha value is -3.78. The fourth-order valence-corrected chi connectivity index (χ4v) is 3.29. The normalized spacial score (nSPS) is 12.8. The Morgan fingerprint density at radius 2 is 1.85 bits per heavy atom. The molecule has 2 aromatic rings. The predicted octanol–water partition coefficient (Wildman–Crippen LogP) is 1.70. The van der Waals surface area contributed by atoms with E-state index >= 15 is 0 Å². The van der Waals surface area contributed by atoms with Gasteiger partial charge in [-0.15, -0.1) is 0 Å². The molecule has 0 aliphatic rings. The van der Waals surface area contributed by atoms with Gasteiger partial charge in [-0.05, 0) is 38.8 Å². The average Bonchev–Trinajstić information content (AvgIpc) is 3.12. The van der Waals surface area contributed by atoms with Gasteiger partial charge < -0.3 is 20.4 Å². The molecule has 1 aromatic carbocycles. The monoisotopic (exact) mass is 456 g/mol. The Morgan fingerprint density at radius 3 is 2.48 bits per heavy atom. The summed E-state index contributed by atoms with van der Waals surface area (Å²) < 4.78 is 5.39. The van der Waals surface area contributed by atoms with Crippen LogP contribution in [0.2, 0.25) is 0 Å². The number of amides is 2. The van der Waals surface area contributed by atoms with Crippen LogP contribution in [0, 0.1) is 5.53 Å². The van der Waals surface area contributed by atoms with Crippen LogP contribution in [-0.2, 0) is 30.3 Å². The van der Waals surface area contributed by atoms with Crippen LogP contribution in [0.25, 0.3) is 10.9 Å². The largest absolute Gasteiger partial charge is 0.458 e. The van der Waals surface area contributed by atoms with Gasteiger partial charge in [-0.2, -0.15) is 0 Å². The van der Waals surface area contributed by atoms with Gasteiger partial charge >= 0.3 is 12.2 Å². The van der Waals surface area contributed by atoms with Crippen molar-refractivity contribution in [3.8, 4) is 0 Å². The van der Waals surface area contributed by atoms with Gasteiger partial charge in [-0.1, -0.05) is 18.2 Å². The molecule has 2 amide bonds. The van der Waals surface area contributed by atoms with Crippen LogP contribution in [0.15, 0.2) is 30.5 Å². The Morgan fingerprint density at radius 1 is 1.15 bits per heavy atom. The summed E-state index contributed by atoms with van der Waals surface area (Å²) in [5.41, 5.74) is 7.68.